The number of Topliss-reactive ketones (excluding diaryl/α,β-unsaturated/α-hetero) is 1. The van der Waals surface area contributed by atoms with Crippen LogP contribution in [0.2, 0.25) is 0 Å². The number of ketones is 1. The molecule has 1 rings (SSSR count). The minimum absolute atomic E-state index is 0.253. The van der Waals surface area contributed by atoms with E-state index in [-0.39, 0.29) is 5.92 Å². The molecule has 11 heavy (non-hydrogen) atoms. The molecule has 0 bridgehead atoms. The Morgan fingerprint density at radius 3 is 3.00 bits per heavy atom. The first kappa shape index (κ1) is 8.51. The van der Waals surface area contributed by atoms with Crippen LogP contribution in [-0.2, 0) is 4.79 Å². The molecule has 0 aliphatic heterocycles. The highest BCUT2D eigenvalue weighted by molar-refractivity contribution is 5.83. The van der Waals surface area contributed by atoms with Gasteiger partial charge in [0.05, 0.1) is 0 Å². The van der Waals surface area contributed by atoms with Crippen LogP contribution in [0, 0.1) is 5.92 Å². The van der Waals surface area contributed by atoms with Crippen LogP contribution in [0.1, 0.15) is 39.0 Å². The van der Waals surface area contributed by atoms with Gasteiger partial charge in [-0.25, -0.2) is 0 Å². The Hall–Kier alpha value is -0.590. The Morgan fingerprint density at radius 1 is 1.55 bits per heavy atom. The Balaban J connectivity index is 2.41. The lowest BCUT2D eigenvalue weighted by Gasteiger charge is -2.16. The predicted molar refractivity (Wildman–Crippen MR) is 46.4 cm³/mol. The van der Waals surface area contributed by atoms with Crippen LogP contribution >= 0.6 is 0 Å². The lowest BCUT2D eigenvalue weighted by atomic mass is 9.88. The van der Waals surface area contributed by atoms with Crippen LogP contribution < -0.4 is 0 Å². The second kappa shape index (κ2) is 4.32. The fourth-order valence-corrected chi connectivity index (χ4v) is 1.51. The van der Waals surface area contributed by atoms with Crippen molar-refractivity contribution in [3.63, 3.8) is 0 Å². The zero-order valence-electron chi connectivity index (χ0n) is 7.18. The van der Waals surface area contributed by atoms with Crippen molar-refractivity contribution in [1.82, 2.24) is 0 Å². The molecule has 1 aliphatic rings. The summed E-state index contributed by atoms with van der Waals surface area (Å²) in [6.07, 6.45) is 9.45. The number of hydrogen-bond donors (Lipinski definition) is 0. The van der Waals surface area contributed by atoms with E-state index in [1.165, 1.54) is 6.42 Å². The first-order valence-corrected chi connectivity index (χ1v) is 4.54. The van der Waals surface area contributed by atoms with Gasteiger partial charge in [0.1, 0.15) is 5.78 Å². The third-order valence-electron chi connectivity index (χ3n) is 2.21. The van der Waals surface area contributed by atoms with Crippen LogP contribution in [0.5, 0.6) is 0 Å². The molecular weight excluding hydrogens is 136 g/mol. The molecule has 1 atom stereocenters. The van der Waals surface area contributed by atoms with Gasteiger partial charge >= 0.3 is 0 Å². The Bertz CT molecular complexity index is 158. The lowest BCUT2D eigenvalue weighted by molar-refractivity contribution is -0.122. The van der Waals surface area contributed by atoms with Gasteiger partial charge in [-0.05, 0) is 19.3 Å². The second-order valence-corrected chi connectivity index (χ2v) is 3.15. The van der Waals surface area contributed by atoms with Gasteiger partial charge in [0.2, 0.25) is 0 Å². The topological polar surface area (TPSA) is 17.1 Å². The van der Waals surface area contributed by atoms with E-state index in [4.69, 9.17) is 0 Å². The van der Waals surface area contributed by atoms with Crippen LogP contribution in [0.25, 0.3) is 0 Å². The molecule has 0 N–H and O–H groups in total. The van der Waals surface area contributed by atoms with Gasteiger partial charge in [0.15, 0.2) is 0 Å². The minimum Gasteiger partial charge on any atom is -0.299 e. The number of carbonyl (C=O) groups excluding carboxylic acids is 1. The van der Waals surface area contributed by atoms with Gasteiger partial charge in [-0.1, -0.05) is 25.5 Å². The lowest BCUT2D eigenvalue weighted by Crippen LogP contribution is -2.16. The first-order valence-electron chi connectivity index (χ1n) is 4.54. The van der Waals surface area contributed by atoms with E-state index in [1.54, 1.807) is 0 Å². The van der Waals surface area contributed by atoms with Crippen molar-refractivity contribution in [2.24, 2.45) is 5.92 Å². The third kappa shape index (κ3) is 2.49. The van der Waals surface area contributed by atoms with Gasteiger partial charge < -0.3 is 0 Å². The molecule has 0 saturated heterocycles. The zero-order valence-corrected chi connectivity index (χ0v) is 7.18. The molecule has 0 radical (unpaired) electrons. The summed E-state index contributed by atoms with van der Waals surface area (Å²) >= 11 is 0. The highest BCUT2D eigenvalue weighted by atomic mass is 16.1. The smallest absolute Gasteiger partial charge is 0.139 e. The van der Waals surface area contributed by atoms with Crippen molar-refractivity contribution >= 4 is 5.78 Å². The minimum atomic E-state index is 0.253. The highest BCUT2D eigenvalue weighted by Gasteiger charge is 2.18. The van der Waals surface area contributed by atoms with Crippen molar-refractivity contribution in [2.75, 3.05) is 0 Å². The molecule has 0 aromatic carbocycles. The van der Waals surface area contributed by atoms with Crippen molar-refractivity contribution < 1.29 is 4.79 Å². The second-order valence-electron chi connectivity index (χ2n) is 3.15. The quantitative estimate of drug-likeness (QED) is 0.556. The SMILES string of the molecule is CCC=CC1CCCCC1=O. The van der Waals surface area contributed by atoms with E-state index in [0.717, 1.165) is 25.7 Å². The van der Waals surface area contributed by atoms with Crippen LogP contribution in [-0.4, -0.2) is 5.78 Å². The summed E-state index contributed by atoms with van der Waals surface area (Å²) in [6, 6.07) is 0. The van der Waals surface area contributed by atoms with Gasteiger partial charge in [-0.3, -0.25) is 4.79 Å². The largest absolute Gasteiger partial charge is 0.299 e. The van der Waals surface area contributed by atoms with E-state index >= 15 is 0 Å². The summed E-state index contributed by atoms with van der Waals surface area (Å²) < 4.78 is 0. The highest BCUT2D eigenvalue weighted by Crippen LogP contribution is 2.21. The van der Waals surface area contributed by atoms with Crippen molar-refractivity contribution in [1.29, 1.82) is 0 Å². The molecule has 0 heterocycles. The van der Waals surface area contributed by atoms with Gasteiger partial charge in [0.25, 0.3) is 0 Å². The third-order valence-corrected chi connectivity index (χ3v) is 2.21. The van der Waals surface area contributed by atoms with Gasteiger partial charge in [-0.15, -0.1) is 0 Å². The molecule has 1 heteroatoms. The summed E-state index contributed by atoms with van der Waals surface area (Å²) in [6.45, 7) is 2.10. The predicted octanol–water partition coefficient (Wildman–Crippen LogP) is 2.71. The van der Waals surface area contributed by atoms with Crippen molar-refractivity contribution in [3.8, 4) is 0 Å². The van der Waals surface area contributed by atoms with Crippen LogP contribution in [0.15, 0.2) is 12.2 Å². The Morgan fingerprint density at radius 2 is 2.36 bits per heavy atom. The molecule has 1 unspecified atom stereocenters. The molecule has 0 amide bonds. The van der Waals surface area contributed by atoms with Crippen molar-refractivity contribution in [3.05, 3.63) is 12.2 Å². The number of allylic oxidation sites excluding steroid dienone is 2. The molecule has 0 aromatic rings. The van der Waals surface area contributed by atoms with E-state index in [1.807, 2.05) is 0 Å². The van der Waals surface area contributed by atoms with E-state index < -0.39 is 0 Å². The standard InChI is InChI=1S/C10H16O/c1-2-3-6-9-7-4-5-8-10(9)11/h3,6,9H,2,4-5,7-8H2,1H3. The Kier molecular flexibility index (Phi) is 3.34. The van der Waals surface area contributed by atoms with Gasteiger partial charge in [0, 0.05) is 12.3 Å². The molecule has 1 saturated carbocycles. The fourth-order valence-electron chi connectivity index (χ4n) is 1.51. The molecule has 62 valence electrons. The molecule has 1 aliphatic carbocycles. The van der Waals surface area contributed by atoms with Gasteiger partial charge in [-0.2, -0.15) is 0 Å². The monoisotopic (exact) mass is 152 g/mol. The molecular formula is C10H16O. The zero-order chi connectivity index (χ0) is 8.10. The maximum Gasteiger partial charge on any atom is 0.139 e. The van der Waals surface area contributed by atoms with Crippen LogP contribution in [0.3, 0.4) is 0 Å². The van der Waals surface area contributed by atoms with E-state index in [2.05, 4.69) is 19.1 Å². The maximum absolute atomic E-state index is 11.2. The summed E-state index contributed by atoms with van der Waals surface area (Å²) in [7, 11) is 0. The number of rotatable bonds is 2. The molecule has 1 fully saturated rings. The molecule has 0 spiro atoms. The summed E-state index contributed by atoms with van der Waals surface area (Å²) in [4.78, 5) is 11.2. The summed E-state index contributed by atoms with van der Waals surface area (Å²) in [5, 5.41) is 0. The number of hydrogen-bond acceptors (Lipinski definition) is 1. The summed E-state index contributed by atoms with van der Waals surface area (Å²) in [5.74, 6) is 0.699. The van der Waals surface area contributed by atoms with Crippen molar-refractivity contribution in [2.45, 2.75) is 39.0 Å². The van der Waals surface area contributed by atoms with E-state index in [0.29, 0.717) is 5.78 Å². The first-order chi connectivity index (χ1) is 5.34. The molecule has 0 aromatic heterocycles. The normalized spacial score (nSPS) is 26.3. The van der Waals surface area contributed by atoms with Crippen LogP contribution in [0.4, 0.5) is 0 Å². The van der Waals surface area contributed by atoms with E-state index in [9.17, 15) is 4.79 Å². The number of carbonyl (C=O) groups is 1. The average Bonchev–Trinajstić information content (AvgIpc) is 2.03. The summed E-state index contributed by atoms with van der Waals surface area (Å²) in [5.41, 5.74) is 0. The maximum atomic E-state index is 11.2. The average molecular weight is 152 g/mol. The molecule has 1 nitrogen and oxygen atoms in total. The fraction of sp³-hybridized carbons (Fsp3) is 0.700. The Labute approximate surface area is 68.5 Å².